The second kappa shape index (κ2) is 5.32. The summed E-state index contributed by atoms with van der Waals surface area (Å²) in [5.41, 5.74) is 1.65. The predicted molar refractivity (Wildman–Crippen MR) is 78.8 cm³/mol. The highest BCUT2D eigenvalue weighted by molar-refractivity contribution is 9.10. The zero-order valence-corrected chi connectivity index (χ0v) is 12.8. The molecule has 0 heterocycles. The van der Waals surface area contributed by atoms with E-state index in [1.807, 2.05) is 0 Å². The fourth-order valence-corrected chi connectivity index (χ4v) is 2.48. The van der Waals surface area contributed by atoms with E-state index >= 15 is 0 Å². The van der Waals surface area contributed by atoms with Crippen molar-refractivity contribution in [1.29, 1.82) is 0 Å². The van der Waals surface area contributed by atoms with Gasteiger partial charge in [-0.25, -0.2) is 0 Å². The third kappa shape index (κ3) is 3.34. The van der Waals surface area contributed by atoms with Gasteiger partial charge in [0.05, 0.1) is 0 Å². The Hall–Kier alpha value is -0.380. The molecule has 1 saturated carbocycles. The van der Waals surface area contributed by atoms with Crippen molar-refractivity contribution in [2.45, 2.75) is 32.1 Å². The third-order valence-electron chi connectivity index (χ3n) is 3.99. The average Bonchev–Trinajstić information content (AvgIpc) is 3.10. The lowest BCUT2D eigenvalue weighted by atomic mass is 9.84. The molecule has 0 radical (unpaired) electrons. The van der Waals surface area contributed by atoms with Gasteiger partial charge in [0.15, 0.2) is 0 Å². The van der Waals surface area contributed by atoms with Gasteiger partial charge in [-0.3, -0.25) is 0 Å². The molecule has 1 aromatic rings. The Morgan fingerprint density at radius 1 is 1.28 bits per heavy atom. The molecular formula is C15H22BrNO. The van der Waals surface area contributed by atoms with Gasteiger partial charge in [0.25, 0.3) is 0 Å². The van der Waals surface area contributed by atoms with Gasteiger partial charge in [0.1, 0.15) is 0 Å². The summed E-state index contributed by atoms with van der Waals surface area (Å²) in [5.74, 6) is 0. The minimum absolute atomic E-state index is 0.117. The number of halogens is 1. The topological polar surface area (TPSA) is 32.3 Å². The van der Waals surface area contributed by atoms with Gasteiger partial charge in [-0.05, 0) is 30.5 Å². The summed E-state index contributed by atoms with van der Waals surface area (Å²) in [6, 6.07) is 8.52. The highest BCUT2D eigenvalue weighted by Crippen LogP contribution is 2.44. The van der Waals surface area contributed by atoms with Gasteiger partial charge in [-0.1, -0.05) is 41.9 Å². The summed E-state index contributed by atoms with van der Waals surface area (Å²) in [5, 5.41) is 12.8. The summed E-state index contributed by atoms with van der Waals surface area (Å²) in [6.07, 6.45) is 2.32. The first-order valence-corrected chi connectivity index (χ1v) is 7.34. The van der Waals surface area contributed by atoms with Crippen LogP contribution in [0.25, 0.3) is 0 Å². The van der Waals surface area contributed by atoms with Crippen molar-refractivity contribution in [1.82, 2.24) is 5.32 Å². The van der Waals surface area contributed by atoms with Crippen LogP contribution in [0.4, 0.5) is 0 Å². The van der Waals surface area contributed by atoms with Crippen LogP contribution in [0.1, 0.15) is 32.3 Å². The molecular weight excluding hydrogens is 290 g/mol. The lowest BCUT2D eigenvalue weighted by Crippen LogP contribution is -2.37. The normalized spacial score (nSPS) is 17.8. The van der Waals surface area contributed by atoms with Gasteiger partial charge in [-0.15, -0.1) is 0 Å². The molecule has 0 atom stereocenters. The molecule has 0 aliphatic heterocycles. The highest BCUT2D eigenvalue weighted by atomic mass is 79.9. The molecule has 1 fully saturated rings. The summed E-state index contributed by atoms with van der Waals surface area (Å²) >= 11 is 3.47. The van der Waals surface area contributed by atoms with Crippen LogP contribution >= 0.6 is 15.9 Å². The second-order valence-electron chi connectivity index (χ2n) is 6.15. The molecule has 1 aromatic carbocycles. The zero-order valence-electron chi connectivity index (χ0n) is 11.2. The van der Waals surface area contributed by atoms with E-state index in [1.165, 1.54) is 5.56 Å². The Bertz CT molecular complexity index is 395. The molecule has 0 amide bonds. The quantitative estimate of drug-likeness (QED) is 0.846. The van der Waals surface area contributed by atoms with E-state index < -0.39 is 0 Å². The Balaban J connectivity index is 1.88. The van der Waals surface area contributed by atoms with Gasteiger partial charge in [0, 0.05) is 35.0 Å². The molecule has 0 spiro atoms. The van der Waals surface area contributed by atoms with Gasteiger partial charge >= 0.3 is 0 Å². The molecule has 1 aliphatic rings. The summed E-state index contributed by atoms with van der Waals surface area (Å²) in [4.78, 5) is 0. The Labute approximate surface area is 118 Å². The number of hydrogen-bond acceptors (Lipinski definition) is 2. The standard InChI is InChI=1S/C15H22BrNO/c1-14(2,12-3-5-13(16)6-4-12)9-17-10-15(11-18)7-8-15/h3-6,17-18H,7-11H2,1-2H3. The molecule has 0 aromatic heterocycles. The molecule has 2 N–H and O–H groups in total. The summed E-state index contributed by atoms with van der Waals surface area (Å²) in [7, 11) is 0. The van der Waals surface area contributed by atoms with Gasteiger partial charge in [0.2, 0.25) is 0 Å². The number of benzene rings is 1. The SMILES string of the molecule is CC(C)(CNCC1(CO)CC1)c1ccc(Br)cc1. The maximum absolute atomic E-state index is 9.29. The fraction of sp³-hybridized carbons (Fsp3) is 0.600. The first-order chi connectivity index (χ1) is 8.47. The van der Waals surface area contributed by atoms with Crippen LogP contribution in [0.3, 0.4) is 0 Å². The maximum atomic E-state index is 9.29. The molecule has 1 aliphatic carbocycles. The van der Waals surface area contributed by atoms with Crippen molar-refractivity contribution in [3.63, 3.8) is 0 Å². The van der Waals surface area contributed by atoms with Gasteiger partial charge < -0.3 is 10.4 Å². The number of nitrogens with one attached hydrogen (secondary N) is 1. The smallest absolute Gasteiger partial charge is 0.0499 e. The van der Waals surface area contributed by atoms with E-state index in [1.54, 1.807) is 0 Å². The Morgan fingerprint density at radius 2 is 1.89 bits per heavy atom. The van der Waals surface area contributed by atoms with Crippen molar-refractivity contribution < 1.29 is 5.11 Å². The third-order valence-corrected chi connectivity index (χ3v) is 4.51. The van der Waals surface area contributed by atoms with E-state index in [2.05, 4.69) is 59.4 Å². The van der Waals surface area contributed by atoms with E-state index in [4.69, 9.17) is 0 Å². The number of aliphatic hydroxyl groups excluding tert-OH is 1. The van der Waals surface area contributed by atoms with Crippen molar-refractivity contribution in [3.8, 4) is 0 Å². The minimum Gasteiger partial charge on any atom is -0.396 e. The molecule has 18 heavy (non-hydrogen) atoms. The molecule has 0 unspecified atom stereocenters. The number of rotatable bonds is 6. The van der Waals surface area contributed by atoms with Crippen LogP contribution in [-0.4, -0.2) is 24.8 Å². The van der Waals surface area contributed by atoms with Crippen molar-refractivity contribution in [2.24, 2.45) is 5.41 Å². The first-order valence-electron chi connectivity index (χ1n) is 6.55. The first kappa shape index (κ1) is 14.0. The monoisotopic (exact) mass is 311 g/mol. The van der Waals surface area contributed by atoms with E-state index in [9.17, 15) is 5.11 Å². The van der Waals surface area contributed by atoms with E-state index in [0.717, 1.165) is 30.4 Å². The molecule has 2 rings (SSSR count). The number of aliphatic hydroxyl groups is 1. The van der Waals surface area contributed by atoms with Crippen molar-refractivity contribution in [3.05, 3.63) is 34.3 Å². The molecule has 0 saturated heterocycles. The molecule has 2 nitrogen and oxygen atoms in total. The van der Waals surface area contributed by atoms with Gasteiger partial charge in [-0.2, -0.15) is 0 Å². The average molecular weight is 312 g/mol. The molecule has 0 bridgehead atoms. The summed E-state index contributed by atoms with van der Waals surface area (Å²) in [6.45, 7) is 6.70. The fourth-order valence-electron chi connectivity index (χ4n) is 2.21. The summed E-state index contributed by atoms with van der Waals surface area (Å²) < 4.78 is 1.12. The lowest BCUT2D eigenvalue weighted by Gasteiger charge is -2.27. The van der Waals surface area contributed by atoms with Crippen LogP contribution in [0.2, 0.25) is 0 Å². The number of hydrogen-bond donors (Lipinski definition) is 2. The van der Waals surface area contributed by atoms with Crippen LogP contribution in [0.5, 0.6) is 0 Å². The van der Waals surface area contributed by atoms with Crippen LogP contribution < -0.4 is 5.32 Å². The second-order valence-corrected chi connectivity index (χ2v) is 7.07. The minimum atomic E-state index is 0.117. The molecule has 3 heteroatoms. The largest absolute Gasteiger partial charge is 0.396 e. The lowest BCUT2D eigenvalue weighted by molar-refractivity contribution is 0.205. The van der Waals surface area contributed by atoms with Crippen LogP contribution in [0, 0.1) is 5.41 Å². The van der Waals surface area contributed by atoms with Crippen molar-refractivity contribution in [2.75, 3.05) is 19.7 Å². The van der Waals surface area contributed by atoms with E-state index in [0.29, 0.717) is 6.61 Å². The maximum Gasteiger partial charge on any atom is 0.0499 e. The Kier molecular flexibility index (Phi) is 4.15. The van der Waals surface area contributed by atoms with Crippen LogP contribution in [0.15, 0.2) is 28.7 Å². The predicted octanol–water partition coefficient (Wildman–Crippen LogP) is 3.09. The van der Waals surface area contributed by atoms with Crippen LogP contribution in [-0.2, 0) is 5.41 Å². The zero-order chi connectivity index (χ0) is 13.2. The van der Waals surface area contributed by atoms with E-state index in [-0.39, 0.29) is 10.8 Å². The molecule has 100 valence electrons. The Morgan fingerprint density at radius 3 is 2.39 bits per heavy atom. The van der Waals surface area contributed by atoms with Crippen molar-refractivity contribution >= 4 is 15.9 Å². The highest BCUT2D eigenvalue weighted by Gasteiger charge is 2.41.